The van der Waals surface area contributed by atoms with Crippen LogP contribution in [-0.4, -0.2) is 20.7 Å². The summed E-state index contributed by atoms with van der Waals surface area (Å²) in [6.07, 6.45) is 6.72. The molecule has 0 bridgehead atoms. The number of carbonyl (C=O) groups is 1. The van der Waals surface area contributed by atoms with Gasteiger partial charge in [0.05, 0.1) is 17.3 Å². The molecule has 0 aliphatic rings. The van der Waals surface area contributed by atoms with E-state index >= 15 is 0 Å². The van der Waals surface area contributed by atoms with Crippen LogP contribution in [-0.2, 0) is 11.3 Å². The monoisotopic (exact) mass is 439 g/mol. The van der Waals surface area contributed by atoms with Gasteiger partial charge >= 0.3 is 0 Å². The number of amides is 1. The molecule has 156 valence electrons. The first-order valence-electron chi connectivity index (χ1n) is 9.83. The third kappa shape index (κ3) is 4.91. The summed E-state index contributed by atoms with van der Waals surface area (Å²) in [6.45, 7) is 0.551. The zero-order chi connectivity index (χ0) is 22.3. The Labute approximate surface area is 190 Å². The fourth-order valence-electron chi connectivity index (χ4n) is 3.18. The molecule has 32 heavy (non-hydrogen) atoms. The summed E-state index contributed by atoms with van der Waals surface area (Å²) in [5.41, 5.74) is 3.52. The van der Waals surface area contributed by atoms with Crippen LogP contribution in [0.15, 0.2) is 90.9 Å². The van der Waals surface area contributed by atoms with Crippen LogP contribution in [0.3, 0.4) is 0 Å². The highest BCUT2D eigenvalue weighted by Gasteiger charge is 2.16. The predicted octanol–water partition coefficient (Wildman–Crippen LogP) is 5.19. The molecule has 7 heteroatoms. The number of pyridine rings is 1. The number of hydrogen-bond acceptors (Lipinski definition) is 4. The van der Waals surface area contributed by atoms with Crippen LogP contribution in [0.2, 0.25) is 5.02 Å². The molecule has 0 aliphatic carbocycles. The van der Waals surface area contributed by atoms with Gasteiger partial charge in [0.25, 0.3) is 5.91 Å². The third-order valence-electron chi connectivity index (χ3n) is 4.70. The molecule has 2 aromatic heterocycles. The number of anilines is 1. The molecule has 6 nitrogen and oxygen atoms in total. The standard InChI is InChI=1S/C25H18ClN5O/c26-22-10-4-5-11-23(22)29-25(32)20(14-27)13-21-17-31(16-18-7-2-1-3-8-18)30-24(21)19-9-6-12-28-15-19/h1-13,15,17H,16H2,(H,29,32)/b20-13-. The van der Waals surface area contributed by atoms with Gasteiger partial charge in [0.1, 0.15) is 17.3 Å². The molecule has 2 aromatic carbocycles. The van der Waals surface area contributed by atoms with Crippen LogP contribution < -0.4 is 5.32 Å². The number of nitriles is 1. The molecule has 4 rings (SSSR count). The summed E-state index contributed by atoms with van der Waals surface area (Å²) in [4.78, 5) is 16.9. The van der Waals surface area contributed by atoms with Crippen molar-refractivity contribution in [1.82, 2.24) is 14.8 Å². The second kappa shape index (κ2) is 9.73. The van der Waals surface area contributed by atoms with E-state index in [-0.39, 0.29) is 5.57 Å². The van der Waals surface area contributed by atoms with Crippen molar-refractivity contribution in [1.29, 1.82) is 5.26 Å². The summed E-state index contributed by atoms with van der Waals surface area (Å²) >= 11 is 6.12. The van der Waals surface area contributed by atoms with Crippen LogP contribution in [0.4, 0.5) is 5.69 Å². The molecule has 0 spiro atoms. The van der Waals surface area contributed by atoms with E-state index < -0.39 is 5.91 Å². The number of carbonyl (C=O) groups excluding carboxylic acids is 1. The van der Waals surface area contributed by atoms with Gasteiger partial charge in [0.15, 0.2) is 0 Å². The van der Waals surface area contributed by atoms with Gasteiger partial charge in [0, 0.05) is 29.7 Å². The topological polar surface area (TPSA) is 83.6 Å². The first kappa shape index (κ1) is 21.0. The molecule has 0 saturated heterocycles. The summed E-state index contributed by atoms with van der Waals surface area (Å²) in [5, 5.41) is 17.4. The molecule has 0 atom stereocenters. The lowest BCUT2D eigenvalue weighted by molar-refractivity contribution is -0.112. The van der Waals surface area contributed by atoms with E-state index in [1.165, 1.54) is 6.08 Å². The average molecular weight is 440 g/mol. The van der Waals surface area contributed by atoms with Crippen molar-refractivity contribution in [3.05, 3.63) is 107 Å². The Morgan fingerprint density at radius 1 is 1.09 bits per heavy atom. The molecular weight excluding hydrogens is 422 g/mol. The highest BCUT2D eigenvalue weighted by Crippen LogP contribution is 2.25. The molecule has 1 amide bonds. The SMILES string of the molecule is N#C/C(=C/c1cn(Cc2ccccc2)nc1-c1cccnc1)C(=O)Nc1ccccc1Cl. The van der Waals surface area contributed by atoms with Gasteiger partial charge in [-0.2, -0.15) is 10.4 Å². The van der Waals surface area contributed by atoms with E-state index in [0.29, 0.717) is 28.5 Å². The van der Waals surface area contributed by atoms with Crippen molar-refractivity contribution >= 4 is 29.3 Å². The molecule has 0 aliphatic heterocycles. The predicted molar refractivity (Wildman–Crippen MR) is 125 cm³/mol. The highest BCUT2D eigenvalue weighted by atomic mass is 35.5. The van der Waals surface area contributed by atoms with Gasteiger partial charge in [-0.3, -0.25) is 14.5 Å². The Balaban J connectivity index is 1.70. The second-order valence-electron chi connectivity index (χ2n) is 6.96. The molecule has 4 aromatic rings. The van der Waals surface area contributed by atoms with Gasteiger partial charge in [-0.05, 0) is 35.9 Å². The fraction of sp³-hybridized carbons (Fsp3) is 0.0400. The normalized spacial score (nSPS) is 11.1. The molecule has 2 heterocycles. The molecule has 0 radical (unpaired) electrons. The summed E-state index contributed by atoms with van der Waals surface area (Å²) < 4.78 is 1.78. The van der Waals surface area contributed by atoms with E-state index in [0.717, 1.165) is 11.1 Å². The Hall–Kier alpha value is -4.21. The number of aromatic nitrogens is 3. The van der Waals surface area contributed by atoms with Crippen molar-refractivity contribution in [2.24, 2.45) is 0 Å². The largest absolute Gasteiger partial charge is 0.320 e. The van der Waals surface area contributed by atoms with Crippen LogP contribution in [0.25, 0.3) is 17.3 Å². The lowest BCUT2D eigenvalue weighted by Crippen LogP contribution is -2.13. The van der Waals surface area contributed by atoms with Crippen LogP contribution in [0, 0.1) is 11.3 Å². The number of halogens is 1. The van der Waals surface area contributed by atoms with Crippen LogP contribution in [0.1, 0.15) is 11.1 Å². The van der Waals surface area contributed by atoms with Crippen molar-refractivity contribution < 1.29 is 4.79 Å². The molecule has 0 fully saturated rings. The quantitative estimate of drug-likeness (QED) is 0.331. The van der Waals surface area contributed by atoms with Gasteiger partial charge < -0.3 is 5.32 Å². The molecule has 0 unspecified atom stereocenters. The zero-order valence-corrected chi connectivity index (χ0v) is 17.7. The number of nitrogens with zero attached hydrogens (tertiary/aromatic N) is 4. The number of para-hydroxylation sites is 1. The minimum Gasteiger partial charge on any atom is -0.320 e. The third-order valence-corrected chi connectivity index (χ3v) is 5.03. The Kier molecular flexibility index (Phi) is 6.40. The second-order valence-corrected chi connectivity index (χ2v) is 7.37. The summed E-state index contributed by atoms with van der Waals surface area (Å²) in [6, 6.07) is 22.5. The van der Waals surface area contributed by atoms with Crippen molar-refractivity contribution in [2.45, 2.75) is 6.54 Å². The van der Waals surface area contributed by atoms with E-state index in [1.807, 2.05) is 54.7 Å². The lowest BCUT2D eigenvalue weighted by Gasteiger charge is -2.06. The lowest BCUT2D eigenvalue weighted by atomic mass is 10.1. The number of benzene rings is 2. The molecule has 0 saturated carbocycles. The fourth-order valence-corrected chi connectivity index (χ4v) is 3.36. The highest BCUT2D eigenvalue weighted by molar-refractivity contribution is 6.34. The maximum absolute atomic E-state index is 12.7. The summed E-state index contributed by atoms with van der Waals surface area (Å²) in [7, 11) is 0. The first-order valence-corrected chi connectivity index (χ1v) is 10.2. The maximum Gasteiger partial charge on any atom is 0.266 e. The van der Waals surface area contributed by atoms with E-state index in [2.05, 4.69) is 10.3 Å². The first-order chi connectivity index (χ1) is 15.6. The Bertz CT molecular complexity index is 1310. The minimum absolute atomic E-state index is 0.0608. The van der Waals surface area contributed by atoms with Gasteiger partial charge in [0.2, 0.25) is 0 Å². The van der Waals surface area contributed by atoms with Gasteiger partial charge in [-0.15, -0.1) is 0 Å². The van der Waals surface area contributed by atoms with Gasteiger partial charge in [-0.25, -0.2) is 0 Å². The van der Waals surface area contributed by atoms with E-state index in [9.17, 15) is 10.1 Å². The van der Waals surface area contributed by atoms with Crippen molar-refractivity contribution in [2.75, 3.05) is 5.32 Å². The van der Waals surface area contributed by atoms with Crippen LogP contribution in [0.5, 0.6) is 0 Å². The zero-order valence-electron chi connectivity index (χ0n) is 16.9. The van der Waals surface area contributed by atoms with E-state index in [1.54, 1.807) is 41.3 Å². The summed E-state index contributed by atoms with van der Waals surface area (Å²) in [5.74, 6) is -0.548. The average Bonchev–Trinajstić information content (AvgIpc) is 3.22. The number of rotatable bonds is 6. The smallest absolute Gasteiger partial charge is 0.266 e. The number of hydrogen-bond donors (Lipinski definition) is 1. The van der Waals surface area contributed by atoms with Gasteiger partial charge in [-0.1, -0.05) is 54.1 Å². The molecule has 1 N–H and O–H groups in total. The Morgan fingerprint density at radius 2 is 1.88 bits per heavy atom. The van der Waals surface area contributed by atoms with Crippen molar-refractivity contribution in [3.8, 4) is 17.3 Å². The number of nitrogens with one attached hydrogen (secondary N) is 1. The van der Waals surface area contributed by atoms with Crippen LogP contribution >= 0.6 is 11.6 Å². The minimum atomic E-state index is -0.548. The van der Waals surface area contributed by atoms with E-state index in [4.69, 9.17) is 16.7 Å². The Morgan fingerprint density at radius 3 is 2.59 bits per heavy atom. The molecular formula is C25H18ClN5O. The maximum atomic E-state index is 12.7. The van der Waals surface area contributed by atoms with Crippen molar-refractivity contribution in [3.63, 3.8) is 0 Å².